The number of aromatic nitrogens is 1. The highest BCUT2D eigenvalue weighted by Gasteiger charge is 2.23. The number of ether oxygens (including phenoxy) is 1. The molecule has 3 nitrogen and oxygen atoms in total. The van der Waals surface area contributed by atoms with E-state index in [-0.39, 0.29) is 11.1 Å². The summed E-state index contributed by atoms with van der Waals surface area (Å²) >= 11 is 2.71. The first-order chi connectivity index (χ1) is 7.47. The zero-order chi connectivity index (χ0) is 12.3. The minimum Gasteiger partial charge on any atom is -0.461 e. The maximum atomic E-state index is 13.0. The molecule has 0 aliphatic heterocycles. The lowest BCUT2D eigenvalue weighted by atomic mass is 10.2. The summed E-state index contributed by atoms with van der Waals surface area (Å²) in [6, 6.07) is 0.819. The number of alkyl halides is 2. The molecule has 16 heavy (non-hydrogen) atoms. The van der Waals surface area contributed by atoms with E-state index in [4.69, 9.17) is 0 Å². The lowest BCUT2D eigenvalue weighted by Gasteiger charge is -2.08. The second kappa shape index (κ2) is 5.29. The molecule has 0 atom stereocenters. The molecule has 0 aliphatic carbocycles. The Hall–Kier alpha value is -1.11. The fourth-order valence-corrected chi connectivity index (χ4v) is 1.35. The van der Waals surface area contributed by atoms with Gasteiger partial charge in [0.1, 0.15) is 0 Å². The Balaban J connectivity index is 3.24. The molecule has 0 aromatic carbocycles. The summed E-state index contributed by atoms with van der Waals surface area (Å²) in [5.41, 5.74) is -1.36. The van der Waals surface area contributed by atoms with Crippen LogP contribution in [0.1, 0.15) is 29.4 Å². The van der Waals surface area contributed by atoms with Crippen molar-refractivity contribution in [3.63, 3.8) is 0 Å². The van der Waals surface area contributed by atoms with Crippen LogP contribution in [-0.4, -0.2) is 17.6 Å². The summed E-state index contributed by atoms with van der Waals surface area (Å²) < 4.78 is 42.4. The summed E-state index contributed by atoms with van der Waals surface area (Å²) in [4.78, 5) is 14.4. The average Bonchev–Trinajstić information content (AvgIpc) is 2.21. The molecule has 0 spiro atoms. The van der Waals surface area contributed by atoms with Gasteiger partial charge in [0.2, 0.25) is 5.95 Å². The van der Waals surface area contributed by atoms with E-state index in [0.717, 1.165) is 6.07 Å². The van der Waals surface area contributed by atoms with Crippen LogP contribution in [0.2, 0.25) is 0 Å². The van der Waals surface area contributed by atoms with Gasteiger partial charge in [-0.15, -0.1) is 0 Å². The molecule has 1 heterocycles. The van der Waals surface area contributed by atoms with E-state index in [1.54, 1.807) is 0 Å². The van der Waals surface area contributed by atoms with Crippen LogP contribution >= 0.6 is 15.9 Å². The lowest BCUT2D eigenvalue weighted by molar-refractivity contribution is 0.0505. The maximum Gasteiger partial charge on any atom is 0.357 e. The zero-order valence-corrected chi connectivity index (χ0v) is 9.72. The normalized spacial score (nSPS) is 10.6. The standard InChI is InChI=1S/C9H7BrF3NO2/c1-2-16-9(15)6-4(7(11)12)3-5(10)8(13)14-6/h3,7H,2H2,1H3. The quantitative estimate of drug-likeness (QED) is 0.636. The molecular formula is C9H7BrF3NO2. The van der Waals surface area contributed by atoms with Crippen molar-refractivity contribution in [3.8, 4) is 0 Å². The maximum absolute atomic E-state index is 13.0. The van der Waals surface area contributed by atoms with Gasteiger partial charge in [-0.3, -0.25) is 0 Å². The smallest absolute Gasteiger partial charge is 0.357 e. The van der Waals surface area contributed by atoms with Crippen LogP contribution in [-0.2, 0) is 4.74 Å². The number of pyridine rings is 1. The molecule has 0 aliphatic rings. The van der Waals surface area contributed by atoms with Crippen molar-refractivity contribution >= 4 is 21.9 Å². The van der Waals surface area contributed by atoms with E-state index in [1.165, 1.54) is 6.92 Å². The Bertz CT molecular complexity index is 412. The highest BCUT2D eigenvalue weighted by molar-refractivity contribution is 9.10. The lowest BCUT2D eigenvalue weighted by Crippen LogP contribution is -2.12. The van der Waals surface area contributed by atoms with Gasteiger partial charge in [0, 0.05) is 0 Å². The third kappa shape index (κ3) is 2.72. The first-order valence-electron chi connectivity index (χ1n) is 4.28. The number of carbonyl (C=O) groups is 1. The number of hydrogen-bond donors (Lipinski definition) is 0. The van der Waals surface area contributed by atoms with E-state index in [2.05, 4.69) is 25.7 Å². The Labute approximate surface area is 97.8 Å². The molecule has 7 heteroatoms. The van der Waals surface area contributed by atoms with Crippen LogP contribution in [0.25, 0.3) is 0 Å². The molecule has 0 N–H and O–H groups in total. The van der Waals surface area contributed by atoms with Gasteiger partial charge in [-0.25, -0.2) is 18.6 Å². The van der Waals surface area contributed by atoms with Gasteiger partial charge < -0.3 is 4.74 Å². The van der Waals surface area contributed by atoms with Crippen LogP contribution in [0.5, 0.6) is 0 Å². The fraction of sp³-hybridized carbons (Fsp3) is 0.333. The molecule has 1 rings (SSSR count). The monoisotopic (exact) mass is 297 g/mol. The highest BCUT2D eigenvalue weighted by Crippen LogP contribution is 2.26. The van der Waals surface area contributed by atoms with Gasteiger partial charge in [0.15, 0.2) is 5.69 Å². The topological polar surface area (TPSA) is 39.2 Å². The van der Waals surface area contributed by atoms with E-state index >= 15 is 0 Å². The van der Waals surface area contributed by atoms with Gasteiger partial charge >= 0.3 is 5.97 Å². The molecular weight excluding hydrogens is 291 g/mol. The average molecular weight is 298 g/mol. The molecule has 1 aromatic heterocycles. The van der Waals surface area contributed by atoms with Gasteiger partial charge in [-0.2, -0.15) is 4.39 Å². The van der Waals surface area contributed by atoms with Gasteiger partial charge in [0.25, 0.3) is 6.43 Å². The predicted octanol–water partition coefficient (Wildman–Crippen LogP) is 3.10. The van der Waals surface area contributed by atoms with Crippen LogP contribution in [0.15, 0.2) is 10.5 Å². The third-order valence-electron chi connectivity index (χ3n) is 1.67. The van der Waals surface area contributed by atoms with Crippen molar-refractivity contribution in [1.82, 2.24) is 4.98 Å². The van der Waals surface area contributed by atoms with Crippen LogP contribution < -0.4 is 0 Å². The number of halogens is 4. The summed E-state index contributed by atoms with van der Waals surface area (Å²) in [6.45, 7) is 1.51. The Morgan fingerprint density at radius 3 is 2.75 bits per heavy atom. The molecule has 0 radical (unpaired) electrons. The largest absolute Gasteiger partial charge is 0.461 e. The molecule has 0 bridgehead atoms. The van der Waals surface area contributed by atoms with E-state index in [1.807, 2.05) is 0 Å². The molecule has 0 saturated carbocycles. The van der Waals surface area contributed by atoms with Gasteiger partial charge in [-0.1, -0.05) is 0 Å². The highest BCUT2D eigenvalue weighted by atomic mass is 79.9. The SMILES string of the molecule is CCOC(=O)c1nc(F)c(Br)cc1C(F)F. The predicted molar refractivity (Wildman–Crippen MR) is 52.8 cm³/mol. The summed E-state index contributed by atoms with van der Waals surface area (Å²) in [6.07, 6.45) is -2.93. The number of esters is 1. The Kier molecular flexibility index (Phi) is 4.28. The molecule has 1 aromatic rings. The van der Waals surface area contributed by atoms with E-state index in [0.29, 0.717) is 0 Å². The van der Waals surface area contributed by atoms with Crippen molar-refractivity contribution in [2.45, 2.75) is 13.3 Å². The first-order valence-corrected chi connectivity index (χ1v) is 5.07. The third-order valence-corrected chi connectivity index (χ3v) is 2.22. The van der Waals surface area contributed by atoms with Gasteiger partial charge in [-0.05, 0) is 28.9 Å². The first kappa shape index (κ1) is 13.0. The van der Waals surface area contributed by atoms with E-state index < -0.39 is 29.6 Å². The number of hydrogen-bond acceptors (Lipinski definition) is 3. The van der Waals surface area contributed by atoms with Gasteiger partial charge in [0.05, 0.1) is 16.6 Å². The molecule has 88 valence electrons. The zero-order valence-electron chi connectivity index (χ0n) is 8.14. The Morgan fingerprint density at radius 1 is 1.62 bits per heavy atom. The fourth-order valence-electron chi connectivity index (χ4n) is 1.01. The van der Waals surface area contributed by atoms with Crippen LogP contribution in [0.4, 0.5) is 13.2 Å². The second-order valence-electron chi connectivity index (χ2n) is 2.72. The minimum absolute atomic E-state index is 0.000867. The molecule has 0 amide bonds. The van der Waals surface area contributed by atoms with Crippen molar-refractivity contribution < 1.29 is 22.7 Å². The van der Waals surface area contributed by atoms with Crippen LogP contribution in [0, 0.1) is 5.95 Å². The summed E-state index contributed by atoms with van der Waals surface area (Å²) in [7, 11) is 0. The summed E-state index contributed by atoms with van der Waals surface area (Å²) in [5, 5.41) is 0. The van der Waals surface area contributed by atoms with Crippen molar-refractivity contribution in [2.75, 3.05) is 6.61 Å². The molecule has 0 saturated heterocycles. The Morgan fingerprint density at radius 2 is 2.25 bits per heavy atom. The van der Waals surface area contributed by atoms with Crippen molar-refractivity contribution in [3.05, 3.63) is 27.7 Å². The summed E-state index contributed by atoms with van der Waals surface area (Å²) in [5.74, 6) is -2.10. The second-order valence-corrected chi connectivity index (χ2v) is 3.57. The van der Waals surface area contributed by atoms with Crippen LogP contribution in [0.3, 0.4) is 0 Å². The van der Waals surface area contributed by atoms with E-state index in [9.17, 15) is 18.0 Å². The number of carbonyl (C=O) groups excluding carboxylic acids is 1. The molecule has 0 fully saturated rings. The molecule has 0 unspecified atom stereocenters. The number of rotatable bonds is 3. The number of nitrogens with zero attached hydrogens (tertiary/aromatic N) is 1. The van der Waals surface area contributed by atoms with Crippen molar-refractivity contribution in [1.29, 1.82) is 0 Å². The minimum atomic E-state index is -2.93. The van der Waals surface area contributed by atoms with Crippen molar-refractivity contribution in [2.24, 2.45) is 0 Å².